The number of hydrogen-bond acceptors (Lipinski definition) is 3. The predicted octanol–water partition coefficient (Wildman–Crippen LogP) is 2.16. The van der Waals surface area contributed by atoms with Crippen LogP contribution in [0.5, 0.6) is 5.88 Å². The molecule has 92 valence electrons. The molecule has 1 amide bonds. The van der Waals surface area contributed by atoms with Gasteiger partial charge in [-0.1, -0.05) is 6.07 Å². The van der Waals surface area contributed by atoms with Gasteiger partial charge >= 0.3 is 0 Å². The molecule has 1 aliphatic heterocycles. The Morgan fingerprint density at radius 2 is 2.41 bits per heavy atom. The number of nitrogens with zero attached hydrogens (tertiary/aromatic N) is 2. The number of carbonyl (C=O) groups is 1. The van der Waals surface area contributed by atoms with E-state index in [9.17, 15) is 4.79 Å². The first-order chi connectivity index (χ1) is 8.22. The minimum atomic E-state index is 0.0923. The Labute approximate surface area is 102 Å². The van der Waals surface area contributed by atoms with Gasteiger partial charge in [0.25, 0.3) is 0 Å². The van der Waals surface area contributed by atoms with Crippen LogP contribution in [0.15, 0.2) is 18.3 Å². The quantitative estimate of drug-likeness (QED) is 0.750. The van der Waals surface area contributed by atoms with Gasteiger partial charge in [0.2, 0.25) is 12.3 Å². The second-order valence-corrected chi connectivity index (χ2v) is 4.57. The molecule has 0 saturated carbocycles. The molecule has 0 spiro atoms. The van der Waals surface area contributed by atoms with E-state index in [1.807, 2.05) is 30.9 Å². The molecule has 2 heterocycles. The van der Waals surface area contributed by atoms with Gasteiger partial charge < -0.3 is 9.64 Å². The van der Waals surface area contributed by atoms with Crippen molar-refractivity contribution < 1.29 is 9.53 Å². The van der Waals surface area contributed by atoms with E-state index in [1.54, 1.807) is 6.20 Å². The summed E-state index contributed by atoms with van der Waals surface area (Å²) < 4.78 is 5.70. The average molecular weight is 234 g/mol. The lowest BCUT2D eigenvalue weighted by molar-refractivity contribution is -0.118. The summed E-state index contributed by atoms with van der Waals surface area (Å²) in [5, 5.41) is 0. The first kappa shape index (κ1) is 11.9. The smallest absolute Gasteiger partial charge is 0.218 e. The Bertz CT molecular complexity index is 393. The molecular weight excluding hydrogens is 216 g/mol. The molecule has 0 unspecified atom stereocenters. The zero-order chi connectivity index (χ0) is 12.3. The molecule has 1 fully saturated rings. The summed E-state index contributed by atoms with van der Waals surface area (Å²) in [5.74, 6) is 0.654. The first-order valence-electron chi connectivity index (χ1n) is 6.05. The Hall–Kier alpha value is -1.58. The molecule has 1 aliphatic rings. The summed E-state index contributed by atoms with van der Waals surface area (Å²) in [4.78, 5) is 17.1. The van der Waals surface area contributed by atoms with Crippen LogP contribution < -0.4 is 4.74 Å². The van der Waals surface area contributed by atoms with Crippen molar-refractivity contribution in [2.75, 3.05) is 6.54 Å². The van der Waals surface area contributed by atoms with Crippen molar-refractivity contribution in [2.24, 2.45) is 0 Å². The molecule has 1 saturated heterocycles. The summed E-state index contributed by atoms with van der Waals surface area (Å²) in [6.45, 7) is 4.78. The molecule has 0 aromatic carbocycles. The van der Waals surface area contributed by atoms with Gasteiger partial charge in [-0.3, -0.25) is 4.79 Å². The Morgan fingerprint density at radius 3 is 3.12 bits per heavy atom. The topological polar surface area (TPSA) is 42.4 Å². The van der Waals surface area contributed by atoms with Crippen LogP contribution in [0.1, 0.15) is 38.3 Å². The molecule has 0 radical (unpaired) electrons. The standard InChI is InChI=1S/C13H18N2O2/c1-10(2)17-13-11(5-3-7-14-13)12-6-4-8-15(12)9-16/h3,5,7,9-10,12H,4,6,8H2,1-2H3/t12-/m0/s1. The normalized spacial score (nSPS) is 19.7. The highest BCUT2D eigenvalue weighted by atomic mass is 16.5. The van der Waals surface area contributed by atoms with Gasteiger partial charge in [0.15, 0.2) is 0 Å². The summed E-state index contributed by atoms with van der Waals surface area (Å²) in [6.07, 6.45) is 4.76. The molecule has 4 heteroatoms. The molecule has 4 nitrogen and oxygen atoms in total. The van der Waals surface area contributed by atoms with Crippen molar-refractivity contribution in [1.29, 1.82) is 0 Å². The van der Waals surface area contributed by atoms with Gasteiger partial charge in [0.1, 0.15) is 0 Å². The number of rotatable bonds is 4. The van der Waals surface area contributed by atoms with E-state index in [2.05, 4.69) is 4.98 Å². The maximum atomic E-state index is 11.0. The predicted molar refractivity (Wildman–Crippen MR) is 64.7 cm³/mol. The zero-order valence-corrected chi connectivity index (χ0v) is 10.3. The van der Waals surface area contributed by atoms with Crippen molar-refractivity contribution in [3.63, 3.8) is 0 Å². The van der Waals surface area contributed by atoms with Crippen LogP contribution in [0, 0.1) is 0 Å². The Kier molecular flexibility index (Phi) is 3.61. The monoisotopic (exact) mass is 234 g/mol. The highest BCUT2D eigenvalue weighted by Crippen LogP contribution is 2.35. The molecule has 1 atom stereocenters. The van der Waals surface area contributed by atoms with Crippen molar-refractivity contribution in [1.82, 2.24) is 9.88 Å². The number of amides is 1. The SMILES string of the molecule is CC(C)Oc1ncccc1[C@@H]1CCCN1C=O. The molecule has 1 aromatic heterocycles. The van der Waals surface area contributed by atoms with Crippen LogP contribution in [-0.4, -0.2) is 28.9 Å². The molecule has 0 aliphatic carbocycles. The Balaban J connectivity index is 2.27. The fourth-order valence-electron chi connectivity index (χ4n) is 2.23. The van der Waals surface area contributed by atoms with E-state index < -0.39 is 0 Å². The van der Waals surface area contributed by atoms with Crippen molar-refractivity contribution in [3.05, 3.63) is 23.9 Å². The van der Waals surface area contributed by atoms with Crippen LogP contribution in [0.4, 0.5) is 0 Å². The number of pyridine rings is 1. The second-order valence-electron chi connectivity index (χ2n) is 4.57. The largest absolute Gasteiger partial charge is 0.475 e. The molecular formula is C13H18N2O2. The van der Waals surface area contributed by atoms with E-state index in [4.69, 9.17) is 4.74 Å². The van der Waals surface area contributed by atoms with Gasteiger partial charge in [0.05, 0.1) is 12.1 Å². The van der Waals surface area contributed by atoms with Gasteiger partial charge in [-0.25, -0.2) is 4.98 Å². The highest BCUT2D eigenvalue weighted by molar-refractivity contribution is 5.50. The third-order valence-corrected chi connectivity index (χ3v) is 2.94. The molecule has 1 aromatic rings. The van der Waals surface area contributed by atoms with Crippen LogP contribution in [0.2, 0.25) is 0 Å². The molecule has 0 bridgehead atoms. The summed E-state index contributed by atoms with van der Waals surface area (Å²) in [6, 6.07) is 4.01. The molecule has 0 N–H and O–H groups in total. The number of aromatic nitrogens is 1. The van der Waals surface area contributed by atoms with Crippen molar-refractivity contribution >= 4 is 6.41 Å². The van der Waals surface area contributed by atoms with Crippen molar-refractivity contribution in [3.8, 4) is 5.88 Å². The van der Waals surface area contributed by atoms with Crippen LogP contribution in [0.3, 0.4) is 0 Å². The number of likely N-dealkylation sites (tertiary alicyclic amines) is 1. The third-order valence-electron chi connectivity index (χ3n) is 2.94. The number of ether oxygens (including phenoxy) is 1. The summed E-state index contributed by atoms with van der Waals surface area (Å²) in [5.41, 5.74) is 1.02. The summed E-state index contributed by atoms with van der Waals surface area (Å²) >= 11 is 0. The summed E-state index contributed by atoms with van der Waals surface area (Å²) in [7, 11) is 0. The first-order valence-corrected chi connectivity index (χ1v) is 6.05. The van der Waals surface area contributed by atoms with E-state index in [1.165, 1.54) is 0 Å². The third kappa shape index (κ3) is 2.57. The van der Waals surface area contributed by atoms with Gasteiger partial charge in [0, 0.05) is 18.3 Å². The Morgan fingerprint density at radius 1 is 1.59 bits per heavy atom. The zero-order valence-electron chi connectivity index (χ0n) is 10.3. The lowest BCUT2D eigenvalue weighted by Gasteiger charge is -2.22. The van der Waals surface area contributed by atoms with Gasteiger partial charge in [-0.05, 0) is 32.8 Å². The highest BCUT2D eigenvalue weighted by Gasteiger charge is 2.27. The van der Waals surface area contributed by atoms with Crippen LogP contribution in [-0.2, 0) is 4.79 Å². The molecule has 17 heavy (non-hydrogen) atoms. The lowest BCUT2D eigenvalue weighted by Crippen LogP contribution is -2.22. The van der Waals surface area contributed by atoms with E-state index in [0.717, 1.165) is 31.4 Å². The second kappa shape index (κ2) is 5.17. The number of hydrogen-bond donors (Lipinski definition) is 0. The van der Waals surface area contributed by atoms with E-state index in [-0.39, 0.29) is 12.1 Å². The maximum absolute atomic E-state index is 11.0. The van der Waals surface area contributed by atoms with E-state index in [0.29, 0.717) is 5.88 Å². The van der Waals surface area contributed by atoms with Crippen molar-refractivity contribution in [2.45, 2.75) is 38.8 Å². The van der Waals surface area contributed by atoms with Crippen LogP contribution >= 0.6 is 0 Å². The fourth-order valence-corrected chi connectivity index (χ4v) is 2.23. The van der Waals surface area contributed by atoms with E-state index >= 15 is 0 Å². The van der Waals surface area contributed by atoms with Crippen LogP contribution in [0.25, 0.3) is 0 Å². The fraction of sp³-hybridized carbons (Fsp3) is 0.538. The van der Waals surface area contributed by atoms with Gasteiger partial charge in [-0.2, -0.15) is 0 Å². The average Bonchev–Trinajstić information content (AvgIpc) is 2.77. The van der Waals surface area contributed by atoms with Gasteiger partial charge in [-0.15, -0.1) is 0 Å². The minimum absolute atomic E-state index is 0.0923. The lowest BCUT2D eigenvalue weighted by atomic mass is 10.1. The minimum Gasteiger partial charge on any atom is -0.475 e. The maximum Gasteiger partial charge on any atom is 0.218 e. The number of carbonyl (C=O) groups excluding carboxylic acids is 1. The molecule has 2 rings (SSSR count).